The van der Waals surface area contributed by atoms with E-state index in [1.54, 1.807) is 30.5 Å². The Morgan fingerprint density at radius 3 is 2.53 bits per heavy atom. The normalized spacial score (nSPS) is 11.4. The third-order valence-corrected chi connectivity index (χ3v) is 8.03. The van der Waals surface area contributed by atoms with Gasteiger partial charge in [0.1, 0.15) is 9.09 Å². The van der Waals surface area contributed by atoms with Gasteiger partial charge in [-0.25, -0.2) is 18.2 Å². The molecule has 0 saturated carbocycles. The number of benzene rings is 1. The lowest BCUT2D eigenvalue weighted by molar-refractivity contribution is -0.116. The van der Waals surface area contributed by atoms with Crippen molar-refractivity contribution in [3.63, 3.8) is 0 Å². The summed E-state index contributed by atoms with van der Waals surface area (Å²) in [7, 11) is -2.42. The van der Waals surface area contributed by atoms with Crippen LogP contribution in [-0.4, -0.2) is 49.8 Å². The molecule has 1 aromatic carbocycles. The van der Waals surface area contributed by atoms with Crippen molar-refractivity contribution in [2.24, 2.45) is 0 Å². The number of carbonyl (C=O) groups excluding carboxylic acids is 2. The van der Waals surface area contributed by atoms with Gasteiger partial charge in [-0.1, -0.05) is 47.7 Å². The van der Waals surface area contributed by atoms with Crippen molar-refractivity contribution >= 4 is 49.7 Å². The standard InChI is InChI=1S/C19H19N3O5S3/c1-3-27-18(24)17-16(13-8-5-4-6-9-13)21-19(29-17)20-14(23)12-22(2)30(25,26)15-10-7-11-28-15/h4-11H,3,12H2,1-2H3,(H,20,21,23). The van der Waals surface area contributed by atoms with Gasteiger partial charge in [0.05, 0.1) is 18.8 Å². The van der Waals surface area contributed by atoms with Crippen LogP contribution in [0.1, 0.15) is 16.6 Å². The zero-order chi connectivity index (χ0) is 21.7. The van der Waals surface area contributed by atoms with Crippen LogP contribution in [0.4, 0.5) is 5.13 Å². The first-order valence-electron chi connectivity index (χ1n) is 8.86. The largest absolute Gasteiger partial charge is 0.462 e. The Morgan fingerprint density at radius 1 is 1.17 bits per heavy atom. The van der Waals surface area contributed by atoms with Crippen LogP contribution in [-0.2, 0) is 19.6 Å². The van der Waals surface area contributed by atoms with Gasteiger partial charge in [0.15, 0.2) is 5.13 Å². The van der Waals surface area contributed by atoms with Crippen LogP contribution >= 0.6 is 22.7 Å². The third-order valence-electron chi connectivity index (χ3n) is 3.91. The van der Waals surface area contributed by atoms with E-state index < -0.39 is 28.4 Å². The maximum Gasteiger partial charge on any atom is 0.350 e. The number of anilines is 1. The highest BCUT2D eigenvalue weighted by atomic mass is 32.2. The number of rotatable bonds is 8. The Hall–Kier alpha value is -2.60. The van der Waals surface area contributed by atoms with E-state index in [0.717, 1.165) is 27.0 Å². The number of esters is 1. The highest BCUT2D eigenvalue weighted by molar-refractivity contribution is 7.91. The highest BCUT2D eigenvalue weighted by Gasteiger charge is 2.25. The fourth-order valence-corrected chi connectivity index (χ4v) is 5.74. The Bertz CT molecular complexity index is 1130. The Balaban J connectivity index is 1.79. The minimum absolute atomic E-state index is 0.156. The molecule has 3 aromatic rings. The zero-order valence-corrected chi connectivity index (χ0v) is 18.6. The molecular weight excluding hydrogens is 446 g/mol. The molecule has 0 fully saturated rings. The van der Waals surface area contributed by atoms with Gasteiger partial charge in [0.2, 0.25) is 5.91 Å². The molecule has 0 atom stereocenters. The molecule has 0 unspecified atom stereocenters. The molecule has 0 bridgehead atoms. The van der Waals surface area contributed by atoms with E-state index in [-0.39, 0.29) is 20.8 Å². The summed E-state index contributed by atoms with van der Waals surface area (Å²) in [6.45, 7) is 1.51. The van der Waals surface area contributed by atoms with E-state index in [0.29, 0.717) is 11.3 Å². The second-order valence-electron chi connectivity index (χ2n) is 6.02. The molecule has 1 N–H and O–H groups in total. The van der Waals surface area contributed by atoms with Crippen LogP contribution in [0.2, 0.25) is 0 Å². The summed E-state index contributed by atoms with van der Waals surface area (Å²) < 4.78 is 31.1. The Morgan fingerprint density at radius 2 is 1.90 bits per heavy atom. The first-order chi connectivity index (χ1) is 14.3. The molecule has 0 radical (unpaired) electrons. The van der Waals surface area contributed by atoms with Crippen LogP contribution in [0, 0.1) is 0 Å². The number of amides is 1. The van der Waals surface area contributed by atoms with Crippen LogP contribution in [0.5, 0.6) is 0 Å². The van der Waals surface area contributed by atoms with Crippen molar-refractivity contribution in [1.82, 2.24) is 9.29 Å². The lowest BCUT2D eigenvalue weighted by Crippen LogP contribution is -2.34. The fraction of sp³-hybridized carbons (Fsp3) is 0.211. The van der Waals surface area contributed by atoms with E-state index >= 15 is 0 Å². The van der Waals surface area contributed by atoms with Crippen molar-refractivity contribution in [3.05, 3.63) is 52.7 Å². The van der Waals surface area contributed by atoms with Gasteiger partial charge in [-0.05, 0) is 18.4 Å². The summed E-state index contributed by atoms with van der Waals surface area (Å²) in [4.78, 5) is 29.4. The van der Waals surface area contributed by atoms with Gasteiger partial charge in [0, 0.05) is 12.6 Å². The monoisotopic (exact) mass is 465 g/mol. The van der Waals surface area contributed by atoms with Gasteiger partial charge >= 0.3 is 5.97 Å². The quantitative estimate of drug-likeness (QED) is 0.512. The first kappa shape index (κ1) is 22.1. The van der Waals surface area contributed by atoms with Crippen molar-refractivity contribution < 1.29 is 22.7 Å². The number of likely N-dealkylation sites (N-methyl/N-ethyl adjacent to an activating group) is 1. The number of thiophene rings is 1. The average molecular weight is 466 g/mol. The number of hydrogen-bond donors (Lipinski definition) is 1. The second kappa shape index (κ2) is 9.47. The van der Waals surface area contributed by atoms with E-state index in [9.17, 15) is 18.0 Å². The number of carbonyl (C=O) groups is 2. The second-order valence-corrected chi connectivity index (χ2v) is 10.2. The first-order valence-corrected chi connectivity index (χ1v) is 12.0. The lowest BCUT2D eigenvalue weighted by atomic mass is 10.1. The highest BCUT2D eigenvalue weighted by Crippen LogP contribution is 2.32. The topological polar surface area (TPSA) is 106 Å². The van der Waals surface area contributed by atoms with E-state index in [2.05, 4.69) is 10.3 Å². The molecule has 8 nitrogen and oxygen atoms in total. The number of nitrogens with one attached hydrogen (secondary N) is 1. The van der Waals surface area contributed by atoms with Crippen LogP contribution in [0.15, 0.2) is 52.1 Å². The van der Waals surface area contributed by atoms with Crippen molar-refractivity contribution in [1.29, 1.82) is 0 Å². The molecule has 0 spiro atoms. The molecule has 2 heterocycles. The molecule has 158 valence electrons. The van der Waals surface area contributed by atoms with Gasteiger partial charge in [-0.15, -0.1) is 11.3 Å². The molecule has 1 amide bonds. The minimum Gasteiger partial charge on any atom is -0.462 e. The van der Waals surface area contributed by atoms with Crippen LogP contribution in [0.3, 0.4) is 0 Å². The van der Waals surface area contributed by atoms with Crippen molar-refractivity contribution in [2.75, 3.05) is 25.5 Å². The summed E-state index contributed by atoms with van der Waals surface area (Å²) in [5, 5.41) is 4.41. The van der Waals surface area contributed by atoms with Crippen molar-refractivity contribution in [2.45, 2.75) is 11.1 Å². The summed E-state index contributed by atoms with van der Waals surface area (Å²) in [5.41, 5.74) is 1.10. The molecule has 0 aliphatic carbocycles. The summed E-state index contributed by atoms with van der Waals surface area (Å²) >= 11 is 2.06. The van der Waals surface area contributed by atoms with Gasteiger partial charge < -0.3 is 10.1 Å². The number of nitrogens with zero attached hydrogens (tertiary/aromatic N) is 2. The summed E-state index contributed by atoms with van der Waals surface area (Å²) in [6, 6.07) is 12.2. The molecular formula is C19H19N3O5S3. The predicted octanol–water partition coefficient (Wildman–Crippen LogP) is 3.31. The zero-order valence-electron chi connectivity index (χ0n) is 16.2. The van der Waals surface area contributed by atoms with Crippen LogP contribution < -0.4 is 5.32 Å². The molecule has 11 heteroatoms. The van der Waals surface area contributed by atoms with Crippen molar-refractivity contribution in [3.8, 4) is 11.3 Å². The third kappa shape index (κ3) is 4.93. The van der Waals surface area contributed by atoms with Gasteiger partial charge in [0.25, 0.3) is 10.0 Å². The Labute approximate surface area is 182 Å². The number of thiazole rings is 1. The smallest absolute Gasteiger partial charge is 0.350 e. The molecule has 0 saturated heterocycles. The molecule has 2 aromatic heterocycles. The summed E-state index contributed by atoms with van der Waals surface area (Å²) in [5.74, 6) is -1.10. The lowest BCUT2D eigenvalue weighted by Gasteiger charge is -2.14. The number of sulfonamides is 1. The predicted molar refractivity (Wildman–Crippen MR) is 116 cm³/mol. The SMILES string of the molecule is CCOC(=O)c1sc(NC(=O)CN(C)S(=O)(=O)c2cccs2)nc1-c1ccccc1. The van der Waals surface area contributed by atoms with Gasteiger partial charge in [-0.3, -0.25) is 4.79 Å². The van der Waals surface area contributed by atoms with Crippen LogP contribution in [0.25, 0.3) is 11.3 Å². The molecule has 3 rings (SSSR count). The van der Waals surface area contributed by atoms with E-state index in [1.807, 2.05) is 18.2 Å². The fourth-order valence-electron chi connectivity index (χ4n) is 2.51. The molecule has 0 aliphatic rings. The molecule has 30 heavy (non-hydrogen) atoms. The van der Waals surface area contributed by atoms with E-state index in [1.165, 1.54) is 13.1 Å². The summed E-state index contributed by atoms with van der Waals surface area (Å²) in [6.07, 6.45) is 0. The maximum atomic E-state index is 12.5. The number of hydrogen-bond acceptors (Lipinski definition) is 8. The number of aromatic nitrogens is 1. The molecule has 0 aliphatic heterocycles. The van der Waals surface area contributed by atoms with E-state index in [4.69, 9.17) is 4.74 Å². The van der Waals surface area contributed by atoms with Gasteiger partial charge in [-0.2, -0.15) is 4.31 Å². The average Bonchev–Trinajstić information content (AvgIpc) is 3.39. The Kier molecular flexibility index (Phi) is 6.98. The minimum atomic E-state index is -3.75. The number of ether oxygens (including phenoxy) is 1. The maximum absolute atomic E-state index is 12.5.